The van der Waals surface area contributed by atoms with Gasteiger partial charge in [-0.1, -0.05) is 19.3 Å². The predicted molar refractivity (Wildman–Crippen MR) is 72.5 cm³/mol. The Balaban J connectivity index is 1.84. The Labute approximate surface area is 107 Å². The molecule has 2 aromatic rings. The Morgan fingerprint density at radius 2 is 2.11 bits per heavy atom. The molecule has 0 saturated heterocycles. The molecule has 2 aromatic heterocycles. The fourth-order valence-corrected chi connectivity index (χ4v) is 2.70. The zero-order valence-electron chi connectivity index (χ0n) is 10.4. The van der Waals surface area contributed by atoms with E-state index in [1.165, 1.54) is 19.3 Å². The molecular weight excluding hydrogens is 226 g/mol. The van der Waals surface area contributed by atoms with E-state index < -0.39 is 0 Å². The SMILES string of the molecule is NC1CCCCCC1Nc1nccc2occc12. The van der Waals surface area contributed by atoms with Crippen molar-refractivity contribution in [3.63, 3.8) is 0 Å². The zero-order valence-corrected chi connectivity index (χ0v) is 10.4. The summed E-state index contributed by atoms with van der Waals surface area (Å²) in [4.78, 5) is 4.41. The number of anilines is 1. The molecule has 4 heteroatoms. The van der Waals surface area contributed by atoms with Crippen LogP contribution >= 0.6 is 0 Å². The van der Waals surface area contributed by atoms with Gasteiger partial charge in [0.15, 0.2) is 0 Å². The molecule has 0 radical (unpaired) electrons. The molecule has 3 N–H and O–H groups in total. The number of fused-ring (bicyclic) bond motifs is 1. The highest BCUT2D eigenvalue weighted by atomic mass is 16.3. The van der Waals surface area contributed by atoms with Crippen molar-refractivity contribution in [2.75, 3.05) is 5.32 Å². The Morgan fingerprint density at radius 1 is 1.22 bits per heavy atom. The second-order valence-electron chi connectivity index (χ2n) is 5.04. The van der Waals surface area contributed by atoms with Crippen molar-refractivity contribution in [2.45, 2.75) is 44.2 Å². The van der Waals surface area contributed by atoms with Crippen LogP contribution in [0.3, 0.4) is 0 Å². The standard InChI is InChI=1S/C14H19N3O/c15-11-4-2-1-3-5-12(11)17-14-10-7-9-18-13(10)6-8-16-14/h6-9,11-12H,1-5,15H2,(H,16,17). The highest BCUT2D eigenvalue weighted by molar-refractivity contribution is 5.87. The van der Waals surface area contributed by atoms with E-state index in [1.54, 1.807) is 12.5 Å². The van der Waals surface area contributed by atoms with Gasteiger partial charge in [0.05, 0.1) is 11.6 Å². The zero-order chi connectivity index (χ0) is 12.4. The molecule has 2 heterocycles. The van der Waals surface area contributed by atoms with Gasteiger partial charge in [-0.15, -0.1) is 0 Å². The van der Waals surface area contributed by atoms with Gasteiger partial charge in [-0.2, -0.15) is 0 Å². The van der Waals surface area contributed by atoms with Crippen molar-refractivity contribution in [1.82, 2.24) is 4.98 Å². The number of hydrogen-bond donors (Lipinski definition) is 2. The molecule has 0 aromatic carbocycles. The lowest BCUT2D eigenvalue weighted by Gasteiger charge is -2.23. The van der Waals surface area contributed by atoms with Crippen LogP contribution in [0.4, 0.5) is 5.82 Å². The lowest BCUT2D eigenvalue weighted by Crippen LogP contribution is -2.39. The lowest BCUT2D eigenvalue weighted by molar-refractivity contribution is 0.527. The molecule has 2 unspecified atom stereocenters. The van der Waals surface area contributed by atoms with Crippen LogP contribution in [0.2, 0.25) is 0 Å². The summed E-state index contributed by atoms with van der Waals surface area (Å²) in [6, 6.07) is 4.37. The van der Waals surface area contributed by atoms with Gasteiger partial charge in [-0.25, -0.2) is 4.98 Å². The first-order valence-electron chi connectivity index (χ1n) is 6.69. The number of rotatable bonds is 2. The van der Waals surface area contributed by atoms with E-state index in [9.17, 15) is 0 Å². The number of nitrogens with one attached hydrogen (secondary N) is 1. The number of hydrogen-bond acceptors (Lipinski definition) is 4. The van der Waals surface area contributed by atoms with Crippen LogP contribution in [-0.2, 0) is 0 Å². The molecule has 18 heavy (non-hydrogen) atoms. The average molecular weight is 245 g/mol. The molecule has 4 nitrogen and oxygen atoms in total. The summed E-state index contributed by atoms with van der Waals surface area (Å²) in [6.07, 6.45) is 9.46. The second kappa shape index (κ2) is 4.98. The van der Waals surface area contributed by atoms with Gasteiger partial charge in [-0.3, -0.25) is 0 Å². The highest BCUT2D eigenvalue weighted by Gasteiger charge is 2.21. The minimum Gasteiger partial charge on any atom is -0.464 e. The number of pyridine rings is 1. The number of aromatic nitrogens is 1. The third-order valence-corrected chi connectivity index (χ3v) is 3.77. The van der Waals surface area contributed by atoms with E-state index in [0.29, 0.717) is 6.04 Å². The summed E-state index contributed by atoms with van der Waals surface area (Å²) in [5.41, 5.74) is 7.10. The van der Waals surface area contributed by atoms with Crippen molar-refractivity contribution in [1.29, 1.82) is 0 Å². The summed E-state index contributed by atoms with van der Waals surface area (Å²) >= 11 is 0. The normalized spacial score (nSPS) is 24.9. The Morgan fingerprint density at radius 3 is 3.06 bits per heavy atom. The molecule has 2 atom stereocenters. The summed E-state index contributed by atoms with van der Waals surface area (Å²) in [7, 11) is 0. The van der Waals surface area contributed by atoms with Crippen molar-refractivity contribution in [3.8, 4) is 0 Å². The van der Waals surface area contributed by atoms with Crippen LogP contribution in [0.1, 0.15) is 32.1 Å². The maximum Gasteiger partial charge on any atom is 0.139 e. The minimum atomic E-state index is 0.219. The highest BCUT2D eigenvalue weighted by Crippen LogP contribution is 2.25. The van der Waals surface area contributed by atoms with Gasteiger partial charge in [0, 0.05) is 18.3 Å². The predicted octanol–water partition coefficient (Wildman–Crippen LogP) is 2.90. The molecule has 96 valence electrons. The Hall–Kier alpha value is -1.55. The van der Waals surface area contributed by atoms with Crippen molar-refractivity contribution in [3.05, 3.63) is 24.6 Å². The molecule has 0 aliphatic heterocycles. The molecule has 1 aliphatic rings. The first kappa shape index (κ1) is 11.5. The van der Waals surface area contributed by atoms with Crippen molar-refractivity contribution < 1.29 is 4.42 Å². The van der Waals surface area contributed by atoms with E-state index in [-0.39, 0.29) is 6.04 Å². The average Bonchev–Trinajstić information content (AvgIpc) is 2.77. The van der Waals surface area contributed by atoms with Crippen molar-refractivity contribution in [2.24, 2.45) is 5.73 Å². The second-order valence-corrected chi connectivity index (χ2v) is 5.04. The molecular formula is C14H19N3O. The third-order valence-electron chi connectivity index (χ3n) is 3.77. The molecule has 0 bridgehead atoms. The van der Waals surface area contributed by atoms with Gasteiger partial charge in [-0.05, 0) is 25.0 Å². The van der Waals surface area contributed by atoms with Crippen LogP contribution < -0.4 is 11.1 Å². The summed E-state index contributed by atoms with van der Waals surface area (Å²) < 4.78 is 5.39. The monoisotopic (exact) mass is 245 g/mol. The number of furan rings is 1. The lowest BCUT2D eigenvalue weighted by atomic mass is 10.0. The summed E-state index contributed by atoms with van der Waals surface area (Å²) in [6.45, 7) is 0. The van der Waals surface area contributed by atoms with E-state index >= 15 is 0 Å². The topological polar surface area (TPSA) is 64.1 Å². The molecule has 1 fully saturated rings. The van der Waals surface area contributed by atoms with Crippen LogP contribution in [0, 0.1) is 0 Å². The first-order chi connectivity index (χ1) is 8.84. The van der Waals surface area contributed by atoms with E-state index in [4.69, 9.17) is 10.2 Å². The smallest absolute Gasteiger partial charge is 0.139 e. The van der Waals surface area contributed by atoms with Crippen LogP contribution in [0.5, 0.6) is 0 Å². The van der Waals surface area contributed by atoms with Gasteiger partial charge in [0.25, 0.3) is 0 Å². The molecule has 0 amide bonds. The van der Waals surface area contributed by atoms with Crippen LogP contribution in [0.15, 0.2) is 29.0 Å². The minimum absolute atomic E-state index is 0.219. The van der Waals surface area contributed by atoms with Crippen LogP contribution in [0.25, 0.3) is 11.0 Å². The maximum absolute atomic E-state index is 6.23. The Kier molecular flexibility index (Phi) is 3.19. The third kappa shape index (κ3) is 2.20. The van der Waals surface area contributed by atoms with E-state index in [2.05, 4.69) is 10.3 Å². The Bertz CT molecular complexity index is 522. The molecule has 3 rings (SSSR count). The summed E-state index contributed by atoms with van der Waals surface area (Å²) in [5.74, 6) is 0.892. The largest absolute Gasteiger partial charge is 0.464 e. The molecule has 1 saturated carbocycles. The molecule has 0 spiro atoms. The first-order valence-corrected chi connectivity index (χ1v) is 6.69. The van der Waals surface area contributed by atoms with Gasteiger partial charge >= 0.3 is 0 Å². The van der Waals surface area contributed by atoms with E-state index in [0.717, 1.165) is 29.6 Å². The summed E-state index contributed by atoms with van der Waals surface area (Å²) in [5, 5.41) is 4.54. The van der Waals surface area contributed by atoms with E-state index in [1.807, 2.05) is 12.1 Å². The fraction of sp³-hybridized carbons (Fsp3) is 0.500. The maximum atomic E-state index is 6.23. The van der Waals surface area contributed by atoms with Gasteiger partial charge in [0.2, 0.25) is 0 Å². The van der Waals surface area contributed by atoms with Gasteiger partial charge < -0.3 is 15.5 Å². The fourth-order valence-electron chi connectivity index (χ4n) is 2.70. The van der Waals surface area contributed by atoms with Crippen molar-refractivity contribution >= 4 is 16.8 Å². The van der Waals surface area contributed by atoms with Crippen LogP contribution in [-0.4, -0.2) is 17.1 Å². The van der Waals surface area contributed by atoms with Gasteiger partial charge in [0.1, 0.15) is 11.4 Å². The number of nitrogens with two attached hydrogens (primary N) is 1. The number of nitrogens with zero attached hydrogens (tertiary/aromatic N) is 1. The quantitative estimate of drug-likeness (QED) is 0.798. The molecule has 1 aliphatic carbocycles.